The van der Waals surface area contributed by atoms with Crippen LogP contribution in [-0.2, 0) is 30.6 Å². The highest BCUT2D eigenvalue weighted by Gasteiger charge is 2.31. The van der Waals surface area contributed by atoms with Crippen LogP contribution in [0.4, 0.5) is 0 Å². The molecule has 8 heteroatoms. The SMILES string of the molecule is COc1ccc(Cn2c(CCc3ccccc3)nnc2[C@@H](Cc2c[nH]c3ccccc23)N2CCC(NC=O)CC2)cc1. The van der Waals surface area contributed by atoms with Gasteiger partial charge >= 0.3 is 0 Å². The molecule has 216 valence electrons. The maximum atomic E-state index is 11.1. The van der Waals surface area contributed by atoms with Crippen molar-refractivity contribution in [3.63, 3.8) is 0 Å². The van der Waals surface area contributed by atoms with Gasteiger partial charge in [-0.15, -0.1) is 10.2 Å². The van der Waals surface area contributed by atoms with Crippen LogP contribution in [-0.4, -0.2) is 57.3 Å². The molecule has 2 N–H and O–H groups in total. The highest BCUT2D eigenvalue weighted by molar-refractivity contribution is 5.83. The number of aryl methyl sites for hydroxylation is 2. The van der Waals surface area contributed by atoms with E-state index in [0.29, 0.717) is 6.54 Å². The second kappa shape index (κ2) is 13.0. The van der Waals surface area contributed by atoms with Crippen molar-refractivity contribution < 1.29 is 9.53 Å². The minimum absolute atomic E-state index is 0.0395. The first kappa shape index (κ1) is 27.7. The molecule has 5 aromatic rings. The van der Waals surface area contributed by atoms with Crippen LogP contribution in [0.3, 0.4) is 0 Å². The topological polar surface area (TPSA) is 88.1 Å². The van der Waals surface area contributed by atoms with Crippen molar-refractivity contribution in [3.05, 3.63) is 113 Å². The van der Waals surface area contributed by atoms with Gasteiger partial charge in [-0.05, 0) is 60.6 Å². The Bertz CT molecular complexity index is 1590. The third kappa shape index (κ3) is 6.24. The number of nitrogens with one attached hydrogen (secondary N) is 2. The number of hydrogen-bond donors (Lipinski definition) is 2. The van der Waals surface area contributed by atoms with Crippen LogP contribution in [0.1, 0.15) is 47.2 Å². The first-order chi connectivity index (χ1) is 20.7. The molecule has 1 aliphatic rings. The number of ether oxygens (including phenoxy) is 1. The molecule has 3 aromatic carbocycles. The van der Waals surface area contributed by atoms with E-state index in [9.17, 15) is 4.79 Å². The van der Waals surface area contributed by atoms with Crippen LogP contribution in [0, 0.1) is 0 Å². The molecule has 0 bridgehead atoms. The summed E-state index contributed by atoms with van der Waals surface area (Å²) in [4.78, 5) is 17.1. The molecule has 1 saturated heterocycles. The van der Waals surface area contributed by atoms with Crippen LogP contribution < -0.4 is 10.1 Å². The van der Waals surface area contributed by atoms with Gasteiger partial charge in [0.15, 0.2) is 5.82 Å². The summed E-state index contributed by atoms with van der Waals surface area (Å²) in [6.45, 7) is 2.45. The van der Waals surface area contributed by atoms with Crippen molar-refractivity contribution in [1.82, 2.24) is 30.0 Å². The number of amides is 1. The molecule has 0 spiro atoms. The van der Waals surface area contributed by atoms with Crippen molar-refractivity contribution in [2.75, 3.05) is 20.2 Å². The Hall–Kier alpha value is -4.43. The predicted molar refractivity (Wildman–Crippen MR) is 165 cm³/mol. The Kier molecular flexibility index (Phi) is 8.61. The van der Waals surface area contributed by atoms with Gasteiger partial charge in [0.05, 0.1) is 19.7 Å². The minimum atomic E-state index is 0.0395. The molecule has 1 fully saturated rings. The van der Waals surface area contributed by atoms with Crippen molar-refractivity contribution >= 4 is 17.3 Å². The first-order valence-electron chi connectivity index (χ1n) is 14.8. The summed E-state index contributed by atoms with van der Waals surface area (Å²) in [5.74, 6) is 2.82. The largest absolute Gasteiger partial charge is 0.497 e. The number of benzene rings is 3. The fraction of sp³-hybridized carbons (Fsp3) is 0.324. The fourth-order valence-corrected chi connectivity index (χ4v) is 6.13. The van der Waals surface area contributed by atoms with Crippen LogP contribution >= 0.6 is 0 Å². The van der Waals surface area contributed by atoms with Gasteiger partial charge in [0.25, 0.3) is 0 Å². The van der Waals surface area contributed by atoms with E-state index >= 15 is 0 Å². The van der Waals surface area contributed by atoms with E-state index < -0.39 is 0 Å². The number of aromatic amines is 1. The lowest BCUT2D eigenvalue weighted by Crippen LogP contribution is -2.44. The van der Waals surface area contributed by atoms with Crippen molar-refractivity contribution in [2.24, 2.45) is 0 Å². The Morgan fingerprint density at radius 3 is 2.48 bits per heavy atom. The smallest absolute Gasteiger partial charge is 0.207 e. The number of piperidine rings is 1. The Morgan fingerprint density at radius 1 is 0.952 bits per heavy atom. The molecule has 42 heavy (non-hydrogen) atoms. The number of methoxy groups -OCH3 is 1. The van der Waals surface area contributed by atoms with E-state index in [1.165, 1.54) is 22.1 Å². The average molecular weight is 563 g/mol. The molecule has 0 aliphatic carbocycles. The zero-order chi connectivity index (χ0) is 28.7. The van der Waals surface area contributed by atoms with Gasteiger partial charge in [-0.3, -0.25) is 9.69 Å². The molecule has 0 unspecified atom stereocenters. The van der Waals surface area contributed by atoms with Gasteiger partial charge in [-0.1, -0.05) is 60.7 Å². The second-order valence-electron chi connectivity index (χ2n) is 11.1. The van der Waals surface area contributed by atoms with Gasteiger partial charge in [0, 0.05) is 42.7 Å². The summed E-state index contributed by atoms with van der Waals surface area (Å²) in [6.07, 6.45) is 7.31. The zero-order valence-corrected chi connectivity index (χ0v) is 24.1. The van der Waals surface area contributed by atoms with E-state index in [0.717, 1.165) is 74.5 Å². The zero-order valence-electron chi connectivity index (χ0n) is 24.1. The number of fused-ring (bicyclic) bond motifs is 1. The van der Waals surface area contributed by atoms with Gasteiger partial charge in [0.2, 0.25) is 6.41 Å². The number of nitrogens with zero attached hydrogens (tertiary/aromatic N) is 4. The van der Waals surface area contributed by atoms with Gasteiger partial charge in [-0.25, -0.2) is 0 Å². The molecular formula is C34H38N6O2. The lowest BCUT2D eigenvalue weighted by atomic mass is 9.98. The molecule has 1 aliphatic heterocycles. The summed E-state index contributed by atoms with van der Waals surface area (Å²) < 4.78 is 7.74. The number of hydrogen-bond acceptors (Lipinski definition) is 5. The van der Waals surface area contributed by atoms with E-state index in [1.54, 1.807) is 7.11 Å². The Balaban J connectivity index is 1.36. The quantitative estimate of drug-likeness (QED) is 0.207. The molecule has 1 atom stereocenters. The van der Waals surface area contributed by atoms with E-state index in [2.05, 4.69) is 92.7 Å². The lowest BCUT2D eigenvalue weighted by Gasteiger charge is -2.37. The fourth-order valence-electron chi connectivity index (χ4n) is 6.13. The van der Waals surface area contributed by atoms with Crippen molar-refractivity contribution in [2.45, 2.75) is 50.7 Å². The van der Waals surface area contributed by atoms with Crippen molar-refractivity contribution in [1.29, 1.82) is 0 Å². The number of carbonyl (C=O) groups excluding carboxylic acids is 1. The summed E-state index contributed by atoms with van der Waals surface area (Å²) in [7, 11) is 1.69. The van der Waals surface area contributed by atoms with Gasteiger partial charge < -0.3 is 19.6 Å². The second-order valence-corrected chi connectivity index (χ2v) is 11.1. The number of para-hydroxylation sites is 1. The van der Waals surface area contributed by atoms with Gasteiger partial charge in [0.1, 0.15) is 11.6 Å². The van der Waals surface area contributed by atoms with Crippen molar-refractivity contribution in [3.8, 4) is 5.75 Å². The molecule has 1 amide bonds. The normalized spacial score (nSPS) is 15.1. The summed E-state index contributed by atoms with van der Waals surface area (Å²) >= 11 is 0. The number of rotatable bonds is 12. The van der Waals surface area contributed by atoms with E-state index in [4.69, 9.17) is 14.9 Å². The summed E-state index contributed by atoms with van der Waals surface area (Å²) in [6, 6.07) is 27.5. The number of H-pyrrole nitrogens is 1. The minimum Gasteiger partial charge on any atom is -0.497 e. The van der Waals surface area contributed by atoms with E-state index in [-0.39, 0.29) is 12.1 Å². The highest BCUT2D eigenvalue weighted by atomic mass is 16.5. The Morgan fingerprint density at radius 2 is 1.71 bits per heavy atom. The maximum absolute atomic E-state index is 11.1. The number of aromatic nitrogens is 4. The lowest BCUT2D eigenvalue weighted by molar-refractivity contribution is -0.110. The third-order valence-electron chi connectivity index (χ3n) is 8.50. The van der Waals surface area contributed by atoms with Crippen LogP contribution in [0.2, 0.25) is 0 Å². The van der Waals surface area contributed by atoms with E-state index in [1.807, 2.05) is 12.1 Å². The third-order valence-corrected chi connectivity index (χ3v) is 8.50. The molecule has 2 aromatic heterocycles. The molecule has 8 nitrogen and oxygen atoms in total. The van der Waals surface area contributed by atoms with Crippen LogP contribution in [0.5, 0.6) is 5.75 Å². The molecular weight excluding hydrogens is 524 g/mol. The first-order valence-corrected chi connectivity index (χ1v) is 14.8. The highest BCUT2D eigenvalue weighted by Crippen LogP contribution is 2.31. The molecule has 0 radical (unpaired) electrons. The number of likely N-dealkylation sites (tertiary alicyclic amines) is 1. The number of carbonyl (C=O) groups is 1. The average Bonchev–Trinajstić information content (AvgIpc) is 3.64. The predicted octanol–water partition coefficient (Wildman–Crippen LogP) is 5.10. The summed E-state index contributed by atoms with van der Waals surface area (Å²) in [5.41, 5.74) is 4.88. The van der Waals surface area contributed by atoms with Crippen LogP contribution in [0.25, 0.3) is 10.9 Å². The van der Waals surface area contributed by atoms with Gasteiger partial charge in [-0.2, -0.15) is 0 Å². The molecule has 3 heterocycles. The maximum Gasteiger partial charge on any atom is 0.207 e. The van der Waals surface area contributed by atoms with Crippen LogP contribution in [0.15, 0.2) is 85.1 Å². The summed E-state index contributed by atoms with van der Waals surface area (Å²) in [5, 5.41) is 14.0. The molecule has 0 saturated carbocycles. The Labute approximate surface area is 246 Å². The monoisotopic (exact) mass is 562 g/mol. The standard InChI is InChI=1S/C34H38N6O2/c1-42-29-14-11-26(12-15-29)23-40-33(16-13-25-7-3-2-4-8-25)37-38-34(40)32(39-19-17-28(18-20-39)36-24-41)21-27-22-35-31-10-6-5-9-30(27)31/h2-12,14-15,22,24,28,32,35H,13,16-21,23H2,1H3,(H,36,41)/t32-/m1/s1. The molecule has 6 rings (SSSR count).